The highest BCUT2D eigenvalue weighted by Crippen LogP contribution is 2.46. The van der Waals surface area contributed by atoms with E-state index in [1.165, 1.54) is 0 Å². The topological polar surface area (TPSA) is 46.5 Å². The van der Waals surface area contributed by atoms with Crippen molar-refractivity contribution < 1.29 is 27.2 Å². The number of allylic oxidation sites excluding steroid dienone is 2. The van der Waals surface area contributed by atoms with Gasteiger partial charge >= 0.3 is 6.18 Å². The molecule has 1 aromatic carbocycles. The zero-order chi connectivity index (χ0) is 21.6. The highest BCUT2D eigenvalue weighted by molar-refractivity contribution is 6.40. The van der Waals surface area contributed by atoms with Gasteiger partial charge in [-0.3, -0.25) is 14.6 Å². The molecule has 0 saturated heterocycles. The minimum Gasteiger partial charge on any atom is -0.294 e. The molecule has 156 valence electrons. The lowest BCUT2D eigenvalue weighted by Gasteiger charge is -2.28. The zero-order valence-corrected chi connectivity index (χ0v) is 16.8. The third kappa shape index (κ3) is 5.07. The summed E-state index contributed by atoms with van der Waals surface area (Å²) in [7, 11) is 0. The molecule has 1 aromatic rings. The first-order valence-corrected chi connectivity index (χ1v) is 9.66. The van der Waals surface area contributed by atoms with Gasteiger partial charge < -0.3 is 0 Å². The van der Waals surface area contributed by atoms with Crippen molar-refractivity contribution >= 4 is 41.0 Å². The second-order valence-electron chi connectivity index (χ2n) is 7.55. The van der Waals surface area contributed by atoms with E-state index in [0.717, 1.165) is 17.9 Å². The molecule has 9 heteroatoms. The molecule has 1 saturated carbocycles. The maximum Gasteiger partial charge on any atom is 0.411 e. The summed E-state index contributed by atoms with van der Waals surface area (Å²) in [4.78, 5) is 28.3. The fourth-order valence-corrected chi connectivity index (χ4v) is 4.02. The summed E-state index contributed by atoms with van der Waals surface area (Å²) < 4.78 is 52.9. The Bertz CT molecular complexity index is 897. The first kappa shape index (κ1) is 22.0. The Labute approximate surface area is 174 Å². The van der Waals surface area contributed by atoms with Crippen LogP contribution in [0.25, 0.3) is 0 Å². The van der Waals surface area contributed by atoms with Gasteiger partial charge in [0.1, 0.15) is 5.67 Å². The van der Waals surface area contributed by atoms with Crippen LogP contribution in [0.15, 0.2) is 28.8 Å². The summed E-state index contributed by atoms with van der Waals surface area (Å²) in [6.45, 7) is 1.74. The van der Waals surface area contributed by atoms with E-state index >= 15 is 0 Å². The summed E-state index contributed by atoms with van der Waals surface area (Å²) in [6, 6.07) is 0.987. The van der Waals surface area contributed by atoms with E-state index in [1.807, 2.05) is 0 Å². The molecule has 0 radical (unpaired) electrons. The standard InChI is InChI=1S/C20H17Cl2F4NO2/c1-10-4-13(21)17(14(22)5-10)16(29)7-11(8-19(23)2-3-19)6-15(28)12-9-27-18(12)20(24,25)26/h4-6,9,12,18H,2-3,7-8H2,1H3/b11-6+. The molecule has 2 unspecified atom stereocenters. The number of halogens is 6. The first-order chi connectivity index (χ1) is 13.4. The molecule has 0 amide bonds. The van der Waals surface area contributed by atoms with Crippen LogP contribution in [-0.4, -0.2) is 35.7 Å². The maximum absolute atomic E-state index is 14.3. The van der Waals surface area contributed by atoms with Gasteiger partial charge in [-0.25, -0.2) is 4.39 Å². The third-order valence-corrected chi connectivity index (χ3v) is 5.54. The van der Waals surface area contributed by atoms with Crippen LogP contribution in [0.5, 0.6) is 0 Å². The fourth-order valence-electron chi connectivity index (χ4n) is 3.22. The van der Waals surface area contributed by atoms with E-state index in [4.69, 9.17) is 23.2 Å². The molecule has 0 spiro atoms. The molecule has 3 rings (SSSR count). The van der Waals surface area contributed by atoms with Gasteiger partial charge in [0, 0.05) is 19.1 Å². The van der Waals surface area contributed by atoms with E-state index in [2.05, 4.69) is 4.99 Å². The maximum atomic E-state index is 14.3. The number of benzene rings is 1. The number of aliphatic imine (C=N–C) groups is 1. The molecule has 2 aliphatic rings. The molecule has 0 aromatic heterocycles. The second-order valence-corrected chi connectivity index (χ2v) is 8.36. The number of alkyl halides is 4. The minimum absolute atomic E-state index is 0.0411. The van der Waals surface area contributed by atoms with Crippen molar-refractivity contribution in [3.63, 3.8) is 0 Å². The largest absolute Gasteiger partial charge is 0.411 e. The number of Topliss-reactive ketones (excluding diaryl/α,β-unsaturated/α-hetero) is 1. The molecule has 1 aliphatic heterocycles. The normalized spacial score (nSPS) is 22.9. The highest BCUT2D eigenvalue weighted by Gasteiger charge is 2.50. The van der Waals surface area contributed by atoms with Crippen LogP contribution in [0.1, 0.15) is 41.6 Å². The number of nitrogens with zero attached hydrogens (tertiary/aromatic N) is 1. The minimum atomic E-state index is -4.64. The van der Waals surface area contributed by atoms with Gasteiger partial charge in [-0.05, 0) is 43.5 Å². The van der Waals surface area contributed by atoms with Crippen LogP contribution >= 0.6 is 23.2 Å². The van der Waals surface area contributed by atoms with Gasteiger partial charge in [0.2, 0.25) is 0 Å². The predicted octanol–water partition coefficient (Wildman–Crippen LogP) is 5.89. The molecule has 1 heterocycles. The molecule has 1 aliphatic carbocycles. The van der Waals surface area contributed by atoms with Gasteiger partial charge in [-0.1, -0.05) is 28.8 Å². The molecule has 0 bridgehead atoms. The van der Waals surface area contributed by atoms with Crippen molar-refractivity contribution in [1.29, 1.82) is 0 Å². The zero-order valence-electron chi connectivity index (χ0n) is 15.3. The Morgan fingerprint density at radius 3 is 2.28 bits per heavy atom. The average molecular weight is 450 g/mol. The van der Waals surface area contributed by atoms with Gasteiger partial charge in [-0.15, -0.1) is 0 Å². The monoisotopic (exact) mass is 449 g/mol. The van der Waals surface area contributed by atoms with E-state index in [9.17, 15) is 27.2 Å². The lowest BCUT2D eigenvalue weighted by Crippen LogP contribution is -2.45. The van der Waals surface area contributed by atoms with Crippen molar-refractivity contribution in [2.75, 3.05) is 0 Å². The molecule has 3 nitrogen and oxygen atoms in total. The van der Waals surface area contributed by atoms with Crippen molar-refractivity contribution in [3.8, 4) is 0 Å². The molecular formula is C20H17Cl2F4NO2. The summed E-state index contributed by atoms with van der Waals surface area (Å²) in [5.74, 6) is -2.84. The van der Waals surface area contributed by atoms with Crippen LogP contribution in [0, 0.1) is 12.8 Å². The van der Waals surface area contributed by atoms with Crippen LogP contribution in [0.3, 0.4) is 0 Å². The van der Waals surface area contributed by atoms with Crippen molar-refractivity contribution in [2.45, 2.75) is 50.5 Å². The van der Waals surface area contributed by atoms with E-state index in [0.29, 0.717) is 0 Å². The number of carbonyl (C=O) groups is 2. The summed E-state index contributed by atoms with van der Waals surface area (Å²) in [5.41, 5.74) is -0.636. The summed E-state index contributed by atoms with van der Waals surface area (Å²) >= 11 is 12.2. The van der Waals surface area contributed by atoms with E-state index in [1.54, 1.807) is 19.1 Å². The number of carbonyl (C=O) groups excluding carboxylic acids is 2. The summed E-state index contributed by atoms with van der Waals surface area (Å²) in [5, 5.41) is 0.241. The van der Waals surface area contributed by atoms with Crippen molar-refractivity contribution in [3.05, 3.63) is 45.0 Å². The van der Waals surface area contributed by atoms with E-state index < -0.39 is 35.4 Å². The Balaban J connectivity index is 1.83. The van der Waals surface area contributed by atoms with Crippen LogP contribution in [-0.2, 0) is 4.79 Å². The predicted molar refractivity (Wildman–Crippen MR) is 103 cm³/mol. The molecular weight excluding hydrogens is 433 g/mol. The molecule has 0 N–H and O–H groups in total. The Morgan fingerprint density at radius 2 is 1.83 bits per heavy atom. The van der Waals surface area contributed by atoms with Crippen LogP contribution < -0.4 is 0 Å². The molecule has 1 fully saturated rings. The lowest BCUT2D eigenvalue weighted by atomic mass is 9.88. The Morgan fingerprint density at radius 1 is 1.24 bits per heavy atom. The SMILES string of the molecule is Cc1cc(Cl)c(C(=O)C/C(=C\C(=O)C2C=NC2C(F)(F)F)CC2(F)CC2)c(Cl)c1. The van der Waals surface area contributed by atoms with Crippen molar-refractivity contribution in [2.24, 2.45) is 10.9 Å². The van der Waals surface area contributed by atoms with Crippen molar-refractivity contribution in [1.82, 2.24) is 0 Å². The Kier molecular flexibility index (Phi) is 5.94. The fraction of sp³-hybridized carbons (Fsp3) is 0.450. The number of aryl methyl sites for hydroxylation is 1. The smallest absolute Gasteiger partial charge is 0.294 e. The number of hydrogen-bond acceptors (Lipinski definition) is 3. The van der Waals surface area contributed by atoms with Gasteiger partial charge in [0.15, 0.2) is 17.6 Å². The van der Waals surface area contributed by atoms with E-state index in [-0.39, 0.29) is 46.9 Å². The van der Waals surface area contributed by atoms with Gasteiger partial charge in [0.05, 0.1) is 21.5 Å². The highest BCUT2D eigenvalue weighted by atomic mass is 35.5. The van der Waals surface area contributed by atoms with Gasteiger partial charge in [0.25, 0.3) is 0 Å². The van der Waals surface area contributed by atoms with Gasteiger partial charge in [-0.2, -0.15) is 13.2 Å². The number of ketones is 2. The Hall–Kier alpha value is -1.73. The quantitative estimate of drug-likeness (QED) is 0.295. The van der Waals surface area contributed by atoms with Crippen LogP contribution in [0.4, 0.5) is 17.6 Å². The third-order valence-electron chi connectivity index (χ3n) is 4.95. The summed E-state index contributed by atoms with van der Waals surface area (Å²) in [6.07, 6.45) is -2.79. The lowest BCUT2D eigenvalue weighted by molar-refractivity contribution is -0.161. The first-order valence-electron chi connectivity index (χ1n) is 8.91. The molecule has 2 atom stereocenters. The second kappa shape index (κ2) is 7.84. The number of hydrogen-bond donors (Lipinski definition) is 0. The molecule has 29 heavy (non-hydrogen) atoms. The van der Waals surface area contributed by atoms with Crippen LogP contribution in [0.2, 0.25) is 10.0 Å². The average Bonchev–Trinajstić information content (AvgIpc) is 3.19. The number of rotatable bonds is 7.